The molecule has 0 bridgehead atoms. The van der Waals surface area contributed by atoms with Gasteiger partial charge in [0.1, 0.15) is 28.2 Å². The molecule has 1 aliphatic heterocycles. The summed E-state index contributed by atoms with van der Waals surface area (Å²) in [5, 5.41) is 11.4. The highest BCUT2D eigenvalue weighted by Gasteiger charge is 2.26. The average Bonchev–Trinajstić information content (AvgIpc) is 3.11. The monoisotopic (exact) mass is 441 g/mol. The highest BCUT2D eigenvalue weighted by molar-refractivity contribution is 6.03. The van der Waals surface area contributed by atoms with Crippen LogP contribution in [0.25, 0.3) is 11.1 Å². The third-order valence-electron chi connectivity index (χ3n) is 5.43. The number of nitro benzene ring substituents is 1. The summed E-state index contributed by atoms with van der Waals surface area (Å²) in [6.45, 7) is 6.32. The Morgan fingerprint density at radius 2 is 2.00 bits per heavy atom. The highest BCUT2D eigenvalue weighted by Crippen LogP contribution is 2.28. The fourth-order valence-corrected chi connectivity index (χ4v) is 3.93. The van der Waals surface area contributed by atoms with Crippen molar-refractivity contribution in [3.8, 4) is 0 Å². The van der Waals surface area contributed by atoms with Crippen LogP contribution in [0.5, 0.6) is 0 Å². The minimum absolute atomic E-state index is 0.0861. The molecule has 11 nitrogen and oxygen atoms in total. The molecule has 0 atom stereocenters. The molecule has 1 aliphatic rings. The molecule has 32 heavy (non-hydrogen) atoms. The molecule has 1 N–H and O–H groups in total. The van der Waals surface area contributed by atoms with E-state index in [9.17, 15) is 19.7 Å². The number of fused-ring (bicyclic) bond motifs is 1. The zero-order valence-corrected chi connectivity index (χ0v) is 17.8. The number of carbonyl (C=O) groups excluding carboxylic acids is 1. The summed E-state index contributed by atoms with van der Waals surface area (Å²) in [5.41, 5.74) is 0.428. The van der Waals surface area contributed by atoms with Crippen molar-refractivity contribution in [3.05, 3.63) is 61.9 Å². The number of aromatic amines is 1. The summed E-state index contributed by atoms with van der Waals surface area (Å²) >= 11 is 0. The first-order chi connectivity index (χ1) is 15.4. The van der Waals surface area contributed by atoms with Gasteiger partial charge in [-0.15, -0.1) is 0 Å². The first-order valence-corrected chi connectivity index (χ1v) is 10.3. The molecule has 3 aromatic rings. The molecule has 1 fully saturated rings. The normalized spacial score (nSPS) is 14.6. The number of benzene rings is 1. The van der Waals surface area contributed by atoms with Gasteiger partial charge in [-0.25, -0.2) is 4.79 Å². The van der Waals surface area contributed by atoms with Crippen molar-refractivity contribution in [3.63, 3.8) is 0 Å². The Bertz CT molecular complexity index is 1230. The maximum absolute atomic E-state index is 12.7. The number of nitro groups is 1. The molecule has 0 amide bonds. The number of hydrogen-bond acceptors (Lipinski definition) is 9. The molecule has 3 heterocycles. The minimum Gasteiger partial charge on any atom is -0.462 e. The highest BCUT2D eigenvalue weighted by atomic mass is 16.6. The number of H-pyrrole nitrogens is 1. The zero-order chi connectivity index (χ0) is 22.8. The number of furan rings is 1. The lowest BCUT2D eigenvalue weighted by atomic mass is 10.2. The van der Waals surface area contributed by atoms with Crippen molar-refractivity contribution in [2.24, 2.45) is 0 Å². The van der Waals surface area contributed by atoms with E-state index in [1.807, 2.05) is 4.90 Å². The molecule has 0 saturated carbocycles. The van der Waals surface area contributed by atoms with E-state index in [4.69, 9.17) is 9.15 Å². The molecule has 2 aromatic heterocycles. The molecule has 168 valence electrons. The Kier molecular flexibility index (Phi) is 5.91. The van der Waals surface area contributed by atoms with Gasteiger partial charge in [0.15, 0.2) is 0 Å². The Balaban J connectivity index is 1.49. The number of nitrogens with one attached hydrogen (secondary N) is 1. The lowest BCUT2D eigenvalue weighted by molar-refractivity contribution is -0.384. The van der Waals surface area contributed by atoms with Crippen LogP contribution < -0.4 is 10.5 Å². The van der Waals surface area contributed by atoms with Crippen molar-refractivity contribution in [2.45, 2.75) is 20.4 Å². The van der Waals surface area contributed by atoms with Crippen molar-refractivity contribution in [2.75, 3.05) is 37.7 Å². The van der Waals surface area contributed by atoms with Gasteiger partial charge in [-0.1, -0.05) is 12.1 Å². The summed E-state index contributed by atoms with van der Waals surface area (Å²) < 4.78 is 10.6. The van der Waals surface area contributed by atoms with E-state index in [1.54, 1.807) is 32.0 Å². The SMILES string of the molecule is CCOC(=O)c1c(C)oc2nc(CN3CCN(c4ccccc4[N+](=O)[O-])CC3)[nH]c(=O)c12. The van der Waals surface area contributed by atoms with Gasteiger partial charge in [-0.2, -0.15) is 4.98 Å². The smallest absolute Gasteiger partial charge is 0.342 e. The number of esters is 1. The van der Waals surface area contributed by atoms with E-state index < -0.39 is 11.5 Å². The van der Waals surface area contributed by atoms with Gasteiger partial charge in [-0.3, -0.25) is 19.8 Å². The standard InChI is InChI=1S/C21H23N5O6/c1-3-31-21(28)17-13(2)32-20-18(17)19(27)22-16(23-20)12-24-8-10-25(11-9-24)14-6-4-5-7-15(14)26(29)30/h4-7H,3,8-12H2,1-2H3,(H,22,23,27). The summed E-state index contributed by atoms with van der Waals surface area (Å²) in [6, 6.07) is 6.69. The average molecular weight is 441 g/mol. The number of carbonyl (C=O) groups is 1. The van der Waals surface area contributed by atoms with Gasteiger partial charge >= 0.3 is 5.97 Å². The van der Waals surface area contributed by atoms with E-state index in [-0.39, 0.29) is 39.6 Å². The second kappa shape index (κ2) is 8.79. The number of hydrogen-bond donors (Lipinski definition) is 1. The first kappa shape index (κ1) is 21.5. The fourth-order valence-electron chi connectivity index (χ4n) is 3.93. The number of piperazine rings is 1. The van der Waals surface area contributed by atoms with Crippen molar-refractivity contribution < 1.29 is 18.9 Å². The van der Waals surface area contributed by atoms with Crippen molar-refractivity contribution in [1.29, 1.82) is 0 Å². The number of nitrogens with zero attached hydrogens (tertiary/aromatic N) is 4. The van der Waals surface area contributed by atoms with Gasteiger partial charge in [0, 0.05) is 32.2 Å². The number of aryl methyl sites for hydroxylation is 1. The van der Waals surface area contributed by atoms with E-state index >= 15 is 0 Å². The number of aromatic nitrogens is 2. The summed E-state index contributed by atoms with van der Waals surface area (Å²) in [6.07, 6.45) is 0. The Labute approximate surface area is 182 Å². The maximum atomic E-state index is 12.7. The van der Waals surface area contributed by atoms with E-state index in [0.717, 1.165) is 0 Å². The number of para-hydroxylation sites is 2. The molecule has 0 radical (unpaired) electrons. The van der Waals surface area contributed by atoms with Gasteiger partial charge in [0.25, 0.3) is 11.2 Å². The molecule has 0 unspecified atom stereocenters. The van der Waals surface area contributed by atoms with Crippen LogP contribution in [0.3, 0.4) is 0 Å². The topological polar surface area (TPSA) is 135 Å². The van der Waals surface area contributed by atoms with Crippen LogP contribution in [0.4, 0.5) is 11.4 Å². The van der Waals surface area contributed by atoms with Gasteiger partial charge in [-0.05, 0) is 19.9 Å². The third kappa shape index (κ3) is 4.06. The van der Waals surface area contributed by atoms with E-state index in [0.29, 0.717) is 44.2 Å². The zero-order valence-electron chi connectivity index (χ0n) is 17.8. The Morgan fingerprint density at radius 3 is 2.69 bits per heavy atom. The van der Waals surface area contributed by atoms with Crippen LogP contribution in [0.15, 0.2) is 33.5 Å². The summed E-state index contributed by atoms with van der Waals surface area (Å²) in [4.78, 5) is 47.0. The molecular formula is C21H23N5O6. The van der Waals surface area contributed by atoms with Crippen LogP contribution in [0.1, 0.15) is 28.9 Å². The second-order valence-corrected chi connectivity index (χ2v) is 7.46. The van der Waals surface area contributed by atoms with Crippen LogP contribution in [-0.2, 0) is 11.3 Å². The van der Waals surface area contributed by atoms with Crippen LogP contribution in [0, 0.1) is 17.0 Å². The lowest BCUT2D eigenvalue weighted by Crippen LogP contribution is -2.46. The van der Waals surface area contributed by atoms with Gasteiger partial charge in [0.05, 0.1) is 18.1 Å². The predicted molar refractivity (Wildman–Crippen MR) is 116 cm³/mol. The largest absolute Gasteiger partial charge is 0.462 e. The summed E-state index contributed by atoms with van der Waals surface area (Å²) in [5.74, 6) is 0.0902. The van der Waals surface area contributed by atoms with E-state index in [1.165, 1.54) is 6.07 Å². The Morgan fingerprint density at radius 1 is 1.28 bits per heavy atom. The molecule has 1 aromatic carbocycles. The quantitative estimate of drug-likeness (QED) is 0.347. The first-order valence-electron chi connectivity index (χ1n) is 10.3. The third-order valence-corrected chi connectivity index (χ3v) is 5.43. The molecule has 4 rings (SSSR count). The van der Waals surface area contributed by atoms with Crippen molar-refractivity contribution >= 4 is 28.4 Å². The van der Waals surface area contributed by atoms with E-state index in [2.05, 4.69) is 14.9 Å². The molecule has 0 aliphatic carbocycles. The van der Waals surface area contributed by atoms with Crippen molar-refractivity contribution in [1.82, 2.24) is 14.9 Å². The predicted octanol–water partition coefficient (Wildman–Crippen LogP) is 2.23. The van der Waals surface area contributed by atoms with Crippen LogP contribution in [0.2, 0.25) is 0 Å². The summed E-state index contributed by atoms with van der Waals surface area (Å²) in [7, 11) is 0. The van der Waals surface area contributed by atoms with Gasteiger partial charge < -0.3 is 19.0 Å². The number of anilines is 1. The number of rotatable bonds is 6. The fraction of sp³-hybridized carbons (Fsp3) is 0.381. The van der Waals surface area contributed by atoms with Crippen LogP contribution in [-0.4, -0.2) is 58.5 Å². The number of ether oxygens (including phenoxy) is 1. The minimum atomic E-state index is -0.616. The maximum Gasteiger partial charge on any atom is 0.342 e. The molecule has 0 spiro atoms. The lowest BCUT2D eigenvalue weighted by Gasteiger charge is -2.35. The van der Waals surface area contributed by atoms with Gasteiger partial charge in [0.2, 0.25) is 5.71 Å². The second-order valence-electron chi connectivity index (χ2n) is 7.46. The van der Waals surface area contributed by atoms with Crippen LogP contribution >= 0.6 is 0 Å². The molecule has 11 heteroatoms. The Hall–Kier alpha value is -3.73. The molecular weight excluding hydrogens is 418 g/mol. The molecule has 1 saturated heterocycles.